The Kier molecular flexibility index (Phi) is 3.83. The number of anilines is 1. The third-order valence-corrected chi connectivity index (χ3v) is 4.39. The molecular formula is C21H19N3. The molecule has 2 aromatic heterocycles. The summed E-state index contributed by atoms with van der Waals surface area (Å²) in [7, 11) is 0. The molecule has 1 atom stereocenters. The van der Waals surface area contributed by atoms with Gasteiger partial charge in [-0.05, 0) is 29.7 Å². The third-order valence-electron chi connectivity index (χ3n) is 4.39. The molecule has 118 valence electrons. The lowest BCUT2D eigenvalue weighted by Crippen LogP contribution is -2.10. The van der Waals surface area contributed by atoms with Gasteiger partial charge in [0.15, 0.2) is 0 Å². The van der Waals surface area contributed by atoms with E-state index in [0.29, 0.717) is 5.92 Å². The first-order valence-electron chi connectivity index (χ1n) is 8.24. The molecule has 0 aliphatic rings. The van der Waals surface area contributed by atoms with E-state index in [0.717, 1.165) is 34.2 Å². The van der Waals surface area contributed by atoms with Crippen molar-refractivity contribution < 1.29 is 0 Å². The van der Waals surface area contributed by atoms with Crippen LogP contribution in [0.1, 0.15) is 18.4 Å². The van der Waals surface area contributed by atoms with E-state index in [9.17, 15) is 0 Å². The number of rotatable bonds is 4. The summed E-state index contributed by atoms with van der Waals surface area (Å²) < 4.78 is 0. The standard InChI is InChI=1S/C21H19N3/c1-15(16-6-3-2-4-7-16)14-23-19-12-11-18-10-9-17-8-5-13-22-20(17)21(18)24-19/h2-13,15H,14H2,1H3,(H,23,24). The van der Waals surface area contributed by atoms with E-state index in [4.69, 9.17) is 4.98 Å². The Balaban J connectivity index is 1.62. The van der Waals surface area contributed by atoms with Gasteiger partial charge in [0, 0.05) is 23.5 Å². The quantitative estimate of drug-likeness (QED) is 0.539. The lowest BCUT2D eigenvalue weighted by Gasteiger charge is -2.14. The molecule has 0 amide bonds. The van der Waals surface area contributed by atoms with E-state index in [1.165, 1.54) is 5.56 Å². The number of nitrogens with one attached hydrogen (secondary N) is 1. The molecule has 1 N–H and O–H groups in total. The number of aromatic nitrogens is 2. The molecule has 4 rings (SSSR count). The molecule has 24 heavy (non-hydrogen) atoms. The van der Waals surface area contributed by atoms with Crippen molar-refractivity contribution in [2.24, 2.45) is 0 Å². The lowest BCUT2D eigenvalue weighted by molar-refractivity contribution is 0.802. The zero-order chi connectivity index (χ0) is 16.4. The van der Waals surface area contributed by atoms with Crippen molar-refractivity contribution in [3.8, 4) is 0 Å². The fourth-order valence-electron chi connectivity index (χ4n) is 2.98. The SMILES string of the molecule is CC(CNc1ccc2ccc3cccnc3c2n1)c1ccccc1. The highest BCUT2D eigenvalue weighted by Gasteiger charge is 2.07. The molecule has 4 aromatic rings. The summed E-state index contributed by atoms with van der Waals surface area (Å²) in [6.07, 6.45) is 1.82. The second kappa shape index (κ2) is 6.28. The van der Waals surface area contributed by atoms with Gasteiger partial charge >= 0.3 is 0 Å². The van der Waals surface area contributed by atoms with E-state index in [2.05, 4.69) is 65.8 Å². The van der Waals surface area contributed by atoms with E-state index < -0.39 is 0 Å². The van der Waals surface area contributed by atoms with Crippen LogP contribution in [0.5, 0.6) is 0 Å². The molecule has 0 aliphatic heterocycles. The maximum absolute atomic E-state index is 4.80. The topological polar surface area (TPSA) is 37.8 Å². The molecular weight excluding hydrogens is 294 g/mol. The van der Waals surface area contributed by atoms with Gasteiger partial charge < -0.3 is 5.32 Å². The predicted molar refractivity (Wildman–Crippen MR) is 100 cm³/mol. The number of pyridine rings is 2. The minimum absolute atomic E-state index is 0.425. The Bertz CT molecular complexity index is 980. The Morgan fingerprint density at radius 3 is 2.42 bits per heavy atom. The Labute approximate surface area is 141 Å². The molecule has 0 fully saturated rings. The van der Waals surface area contributed by atoms with Gasteiger partial charge in [-0.25, -0.2) is 4.98 Å². The first-order valence-corrected chi connectivity index (χ1v) is 8.24. The number of hydrogen-bond acceptors (Lipinski definition) is 3. The number of fused-ring (bicyclic) bond motifs is 3. The molecule has 3 heteroatoms. The summed E-state index contributed by atoms with van der Waals surface area (Å²) in [5, 5.41) is 5.69. The summed E-state index contributed by atoms with van der Waals surface area (Å²) in [6.45, 7) is 3.07. The molecule has 3 nitrogen and oxygen atoms in total. The average Bonchev–Trinajstić information content (AvgIpc) is 2.66. The summed E-state index contributed by atoms with van der Waals surface area (Å²) in [4.78, 5) is 9.30. The Morgan fingerprint density at radius 2 is 1.58 bits per heavy atom. The second-order valence-electron chi connectivity index (χ2n) is 6.10. The number of benzene rings is 2. The minimum Gasteiger partial charge on any atom is -0.369 e. The van der Waals surface area contributed by atoms with E-state index >= 15 is 0 Å². The molecule has 0 saturated carbocycles. The summed E-state index contributed by atoms with van der Waals surface area (Å²) in [5.41, 5.74) is 3.23. The first-order chi connectivity index (χ1) is 11.8. The van der Waals surface area contributed by atoms with Crippen LogP contribution < -0.4 is 5.32 Å². The summed E-state index contributed by atoms with van der Waals surface area (Å²) in [5.74, 6) is 1.32. The highest BCUT2D eigenvalue weighted by atomic mass is 15.0. The van der Waals surface area contributed by atoms with Crippen LogP contribution in [0.2, 0.25) is 0 Å². The predicted octanol–water partition coefficient (Wildman–Crippen LogP) is 5.00. The lowest BCUT2D eigenvalue weighted by atomic mass is 10.0. The zero-order valence-electron chi connectivity index (χ0n) is 13.6. The minimum atomic E-state index is 0.425. The van der Waals surface area contributed by atoms with Crippen LogP contribution in [0.15, 0.2) is 72.9 Å². The smallest absolute Gasteiger partial charge is 0.126 e. The van der Waals surface area contributed by atoms with Gasteiger partial charge in [-0.15, -0.1) is 0 Å². The van der Waals surface area contributed by atoms with Crippen LogP contribution in [0.3, 0.4) is 0 Å². The third kappa shape index (κ3) is 2.81. The van der Waals surface area contributed by atoms with Crippen molar-refractivity contribution in [1.29, 1.82) is 0 Å². The van der Waals surface area contributed by atoms with Gasteiger partial charge in [-0.1, -0.05) is 55.5 Å². The van der Waals surface area contributed by atoms with Gasteiger partial charge in [0.05, 0.1) is 11.0 Å². The fraction of sp³-hybridized carbons (Fsp3) is 0.143. The van der Waals surface area contributed by atoms with Crippen LogP contribution in [0.4, 0.5) is 5.82 Å². The zero-order valence-corrected chi connectivity index (χ0v) is 13.6. The van der Waals surface area contributed by atoms with Gasteiger partial charge in [-0.3, -0.25) is 4.98 Å². The Hall–Kier alpha value is -2.94. The van der Waals surface area contributed by atoms with Gasteiger partial charge in [0.1, 0.15) is 5.82 Å². The molecule has 0 spiro atoms. The van der Waals surface area contributed by atoms with Crippen molar-refractivity contribution in [1.82, 2.24) is 9.97 Å². The maximum Gasteiger partial charge on any atom is 0.126 e. The first kappa shape index (κ1) is 14.6. The fourth-order valence-corrected chi connectivity index (χ4v) is 2.98. The van der Waals surface area contributed by atoms with Crippen LogP contribution in [0.25, 0.3) is 21.8 Å². The van der Waals surface area contributed by atoms with Gasteiger partial charge in [-0.2, -0.15) is 0 Å². The highest BCUT2D eigenvalue weighted by Crippen LogP contribution is 2.24. The van der Waals surface area contributed by atoms with E-state index in [1.54, 1.807) is 0 Å². The highest BCUT2D eigenvalue weighted by molar-refractivity contribution is 6.03. The largest absolute Gasteiger partial charge is 0.369 e. The molecule has 0 aliphatic carbocycles. The van der Waals surface area contributed by atoms with Crippen molar-refractivity contribution >= 4 is 27.6 Å². The van der Waals surface area contributed by atoms with Gasteiger partial charge in [0.25, 0.3) is 0 Å². The second-order valence-corrected chi connectivity index (χ2v) is 6.10. The molecule has 1 unspecified atom stereocenters. The molecule has 0 radical (unpaired) electrons. The van der Waals surface area contributed by atoms with E-state index in [1.807, 2.05) is 24.4 Å². The van der Waals surface area contributed by atoms with Crippen LogP contribution in [-0.2, 0) is 0 Å². The van der Waals surface area contributed by atoms with Crippen LogP contribution >= 0.6 is 0 Å². The monoisotopic (exact) mass is 313 g/mol. The van der Waals surface area contributed by atoms with Crippen molar-refractivity contribution in [2.45, 2.75) is 12.8 Å². The Morgan fingerprint density at radius 1 is 0.833 bits per heavy atom. The maximum atomic E-state index is 4.80. The van der Waals surface area contributed by atoms with Crippen molar-refractivity contribution in [2.75, 3.05) is 11.9 Å². The molecule has 2 heterocycles. The van der Waals surface area contributed by atoms with Crippen LogP contribution in [0, 0.1) is 0 Å². The molecule has 2 aromatic carbocycles. The molecule has 0 bridgehead atoms. The van der Waals surface area contributed by atoms with Gasteiger partial charge in [0.2, 0.25) is 0 Å². The number of hydrogen-bond donors (Lipinski definition) is 1. The summed E-state index contributed by atoms with van der Waals surface area (Å²) in [6, 6.07) is 22.9. The van der Waals surface area contributed by atoms with Crippen molar-refractivity contribution in [3.05, 3.63) is 78.5 Å². The number of nitrogens with zero attached hydrogens (tertiary/aromatic N) is 2. The normalized spacial score (nSPS) is 12.4. The summed E-state index contributed by atoms with van der Waals surface area (Å²) >= 11 is 0. The average molecular weight is 313 g/mol. The van der Waals surface area contributed by atoms with Crippen LogP contribution in [-0.4, -0.2) is 16.5 Å². The molecule has 0 saturated heterocycles. The van der Waals surface area contributed by atoms with E-state index in [-0.39, 0.29) is 0 Å². The van der Waals surface area contributed by atoms with Crippen molar-refractivity contribution in [3.63, 3.8) is 0 Å².